The van der Waals surface area contributed by atoms with Gasteiger partial charge in [-0.25, -0.2) is 0 Å². The molecular weight excluding hydrogens is 364 g/mol. The smallest absolute Gasteiger partial charge is 0.110 e. The van der Waals surface area contributed by atoms with E-state index < -0.39 is 8.07 Å². The third-order valence-corrected chi connectivity index (χ3v) is 15.7. The zero-order chi connectivity index (χ0) is 14.5. The van der Waals surface area contributed by atoms with E-state index in [0.29, 0.717) is 3.70 Å². The van der Waals surface area contributed by atoms with Crippen LogP contribution in [0.5, 0.6) is 0 Å². The van der Waals surface area contributed by atoms with Crippen LogP contribution in [0.1, 0.15) is 25.7 Å². The number of hydrogen-bond acceptors (Lipinski definition) is 2. The van der Waals surface area contributed by atoms with Gasteiger partial charge in [0.15, 0.2) is 0 Å². The van der Waals surface area contributed by atoms with Crippen LogP contribution in [0.4, 0.5) is 0 Å². The Kier molecular flexibility index (Phi) is 6.58. The molecule has 1 aliphatic rings. The Balaban J connectivity index is 2.24. The van der Waals surface area contributed by atoms with Crippen LogP contribution in [0.3, 0.4) is 0 Å². The van der Waals surface area contributed by atoms with Gasteiger partial charge in [-0.05, 0) is 30.8 Å². The second kappa shape index (κ2) is 7.75. The summed E-state index contributed by atoms with van der Waals surface area (Å²) in [6, 6.07) is 11.3. The van der Waals surface area contributed by atoms with Gasteiger partial charge in [0.1, 0.15) is 8.07 Å². The molecule has 1 aromatic rings. The van der Waals surface area contributed by atoms with Crippen molar-refractivity contribution in [2.75, 3.05) is 16.8 Å². The van der Waals surface area contributed by atoms with Gasteiger partial charge in [0, 0.05) is 5.33 Å². The summed E-state index contributed by atoms with van der Waals surface area (Å²) in [6.07, 6.45) is 5.42. The van der Waals surface area contributed by atoms with E-state index in [1.165, 1.54) is 37.2 Å². The number of benzene rings is 1. The lowest BCUT2D eigenvalue weighted by Gasteiger charge is -2.47. The maximum Gasteiger partial charge on any atom is 0.110 e. The minimum absolute atomic E-state index is 0.481. The summed E-state index contributed by atoms with van der Waals surface area (Å²) in [5.41, 5.74) is 0. The zero-order valence-electron chi connectivity index (χ0n) is 12.5. The number of rotatable bonds is 6. The molecule has 0 unspecified atom stereocenters. The number of halogens is 1. The van der Waals surface area contributed by atoms with Crippen LogP contribution < -0.4 is 5.19 Å². The lowest BCUT2D eigenvalue weighted by Crippen LogP contribution is -2.59. The lowest BCUT2D eigenvalue weighted by molar-refractivity contribution is 0.736. The standard InChI is InChI=1S/C16H25BrS2Si/c1-20(2,15-9-4-3-5-10-15)16(11-6-7-12-17)18-13-8-14-19-16/h3-5,9-10H,6-8,11-14H2,1-2H3. The second-order valence-electron chi connectivity index (χ2n) is 5.94. The fourth-order valence-electron chi connectivity index (χ4n) is 2.92. The van der Waals surface area contributed by atoms with Gasteiger partial charge < -0.3 is 0 Å². The number of thioether (sulfide) groups is 2. The molecule has 0 nitrogen and oxygen atoms in total. The molecular formula is C16H25BrS2Si. The Bertz CT molecular complexity index is 402. The van der Waals surface area contributed by atoms with Gasteiger partial charge in [0.05, 0.1) is 3.70 Å². The molecule has 0 spiro atoms. The molecule has 0 bridgehead atoms. The Morgan fingerprint density at radius 3 is 2.35 bits per heavy atom. The van der Waals surface area contributed by atoms with Crippen molar-refractivity contribution in [1.29, 1.82) is 0 Å². The quantitative estimate of drug-likeness (QED) is 0.369. The molecule has 0 aliphatic carbocycles. The molecule has 1 fully saturated rings. The molecule has 0 saturated carbocycles. The van der Waals surface area contributed by atoms with Crippen molar-refractivity contribution in [3.05, 3.63) is 30.3 Å². The molecule has 0 aromatic heterocycles. The summed E-state index contributed by atoms with van der Waals surface area (Å²) in [4.78, 5) is 0. The van der Waals surface area contributed by atoms with Crippen molar-refractivity contribution in [3.8, 4) is 0 Å². The van der Waals surface area contributed by atoms with Crippen LogP contribution in [0, 0.1) is 0 Å². The normalized spacial score (nSPS) is 18.9. The van der Waals surface area contributed by atoms with Gasteiger partial charge in [0.25, 0.3) is 0 Å². The third kappa shape index (κ3) is 3.68. The van der Waals surface area contributed by atoms with Crippen molar-refractivity contribution in [2.24, 2.45) is 0 Å². The molecule has 2 rings (SSSR count). The van der Waals surface area contributed by atoms with Crippen LogP contribution in [-0.4, -0.2) is 28.6 Å². The summed E-state index contributed by atoms with van der Waals surface area (Å²) >= 11 is 8.13. The lowest BCUT2D eigenvalue weighted by atomic mass is 10.3. The van der Waals surface area contributed by atoms with E-state index in [0.717, 1.165) is 5.33 Å². The Morgan fingerprint density at radius 1 is 1.10 bits per heavy atom. The van der Waals surface area contributed by atoms with E-state index in [1.807, 2.05) is 0 Å². The molecule has 20 heavy (non-hydrogen) atoms. The maximum atomic E-state index is 3.59. The summed E-state index contributed by atoms with van der Waals surface area (Å²) in [7, 11) is -1.47. The fraction of sp³-hybridized carbons (Fsp3) is 0.625. The SMILES string of the molecule is C[Si](C)(c1ccccc1)C1(CCCCBr)SCCCS1. The van der Waals surface area contributed by atoms with Crippen molar-refractivity contribution in [2.45, 2.75) is 42.5 Å². The predicted molar refractivity (Wildman–Crippen MR) is 103 cm³/mol. The van der Waals surface area contributed by atoms with Gasteiger partial charge in [0.2, 0.25) is 0 Å². The minimum atomic E-state index is -1.47. The highest BCUT2D eigenvalue weighted by Crippen LogP contribution is 2.51. The summed E-state index contributed by atoms with van der Waals surface area (Å²) in [5.74, 6) is 2.70. The molecule has 0 N–H and O–H groups in total. The Morgan fingerprint density at radius 2 is 1.75 bits per heavy atom. The van der Waals surface area contributed by atoms with Crippen molar-refractivity contribution in [1.82, 2.24) is 0 Å². The van der Waals surface area contributed by atoms with E-state index in [4.69, 9.17) is 0 Å². The molecule has 112 valence electrons. The van der Waals surface area contributed by atoms with Gasteiger partial charge >= 0.3 is 0 Å². The van der Waals surface area contributed by atoms with Crippen molar-refractivity contribution < 1.29 is 0 Å². The highest BCUT2D eigenvalue weighted by atomic mass is 79.9. The van der Waals surface area contributed by atoms with Crippen LogP contribution in [-0.2, 0) is 0 Å². The second-order valence-corrected chi connectivity index (χ2v) is 15.2. The number of unbranched alkanes of at least 4 members (excludes halogenated alkanes) is 1. The van der Waals surface area contributed by atoms with Crippen LogP contribution in [0.25, 0.3) is 0 Å². The molecule has 1 heterocycles. The first kappa shape index (κ1) is 17.0. The monoisotopic (exact) mass is 388 g/mol. The first-order chi connectivity index (χ1) is 9.62. The Labute approximate surface area is 142 Å². The average molecular weight is 390 g/mol. The molecule has 1 aliphatic heterocycles. The first-order valence-corrected chi connectivity index (χ1v) is 13.6. The van der Waals surface area contributed by atoms with Gasteiger partial charge in [-0.3, -0.25) is 0 Å². The maximum absolute atomic E-state index is 3.59. The average Bonchev–Trinajstić information content (AvgIpc) is 2.49. The van der Waals surface area contributed by atoms with Crippen molar-refractivity contribution in [3.63, 3.8) is 0 Å². The number of hydrogen-bond donors (Lipinski definition) is 0. The molecule has 1 aromatic carbocycles. The largest absolute Gasteiger partial charge is 0.147 e. The van der Waals surface area contributed by atoms with E-state index in [1.54, 1.807) is 5.19 Å². The zero-order valence-corrected chi connectivity index (χ0v) is 16.7. The molecule has 1 saturated heterocycles. The van der Waals surface area contributed by atoms with Crippen molar-refractivity contribution >= 4 is 52.7 Å². The highest BCUT2D eigenvalue weighted by Gasteiger charge is 2.49. The van der Waals surface area contributed by atoms with Crippen LogP contribution in [0.15, 0.2) is 30.3 Å². The number of alkyl halides is 1. The Hall–Kier alpha value is 0.617. The van der Waals surface area contributed by atoms with Crippen LogP contribution >= 0.6 is 39.5 Å². The van der Waals surface area contributed by atoms with E-state index in [-0.39, 0.29) is 0 Å². The van der Waals surface area contributed by atoms with E-state index in [9.17, 15) is 0 Å². The fourth-order valence-corrected chi connectivity index (χ4v) is 12.6. The highest BCUT2D eigenvalue weighted by molar-refractivity contribution is 9.09. The van der Waals surface area contributed by atoms with Gasteiger partial charge in [-0.15, -0.1) is 23.5 Å². The third-order valence-electron chi connectivity index (χ3n) is 4.30. The topological polar surface area (TPSA) is 0 Å². The van der Waals surface area contributed by atoms with E-state index >= 15 is 0 Å². The molecule has 4 heteroatoms. The molecule has 0 radical (unpaired) electrons. The summed E-state index contributed by atoms with van der Waals surface area (Å²) < 4.78 is 0.481. The minimum Gasteiger partial charge on any atom is -0.147 e. The molecule has 0 amide bonds. The predicted octanol–water partition coefficient (Wildman–Crippen LogP) is 5.27. The van der Waals surface area contributed by atoms with Gasteiger partial charge in [-0.2, -0.15) is 0 Å². The van der Waals surface area contributed by atoms with Gasteiger partial charge in [-0.1, -0.05) is 71.0 Å². The molecule has 0 atom stereocenters. The summed E-state index contributed by atoms with van der Waals surface area (Å²) in [5, 5.41) is 2.77. The van der Waals surface area contributed by atoms with Crippen LogP contribution in [0.2, 0.25) is 13.1 Å². The summed E-state index contributed by atoms with van der Waals surface area (Å²) in [6.45, 7) is 5.17. The first-order valence-electron chi connectivity index (χ1n) is 7.52. The van der Waals surface area contributed by atoms with E-state index in [2.05, 4.69) is 82.9 Å².